The molecule has 0 aliphatic carbocycles. The van der Waals surface area contributed by atoms with Crippen molar-refractivity contribution in [3.8, 4) is 0 Å². The Hall–Kier alpha value is 1.04. The Labute approximate surface area is 91.4 Å². The zero-order valence-corrected chi connectivity index (χ0v) is 10.5. The van der Waals surface area contributed by atoms with Crippen molar-refractivity contribution >= 4 is 7.26 Å². The Bertz CT molecular complexity index is 164. The van der Waals surface area contributed by atoms with Crippen molar-refractivity contribution in [1.82, 2.24) is 14.7 Å². The molecule has 4 fully saturated rings. The van der Waals surface area contributed by atoms with Crippen molar-refractivity contribution in [2.45, 2.75) is 0 Å². The van der Waals surface area contributed by atoms with Crippen molar-refractivity contribution in [1.29, 1.82) is 0 Å². The van der Waals surface area contributed by atoms with E-state index in [2.05, 4.69) is 21.4 Å². The molecule has 4 aliphatic rings. The van der Waals surface area contributed by atoms with E-state index in [9.17, 15) is 0 Å². The molecule has 0 amide bonds. The maximum absolute atomic E-state index is 2.60. The van der Waals surface area contributed by atoms with Gasteiger partial charge in [-0.15, -0.1) is 0 Å². The Morgan fingerprint density at radius 1 is 0.833 bits per heavy atom. The molecule has 0 aromatic carbocycles. The molecule has 3 nitrogen and oxygen atoms in total. The van der Waals surface area contributed by atoms with Crippen LogP contribution in [0.4, 0.5) is 0 Å². The first-order valence-corrected chi connectivity index (χ1v) is 7.03. The van der Waals surface area contributed by atoms with Crippen LogP contribution in [0.2, 0.25) is 0 Å². The van der Waals surface area contributed by atoms with Crippen LogP contribution in [0.1, 0.15) is 0 Å². The Morgan fingerprint density at radius 2 is 1.17 bits per heavy atom. The maximum atomic E-state index is 2.60. The molecule has 12 heavy (non-hydrogen) atoms. The summed E-state index contributed by atoms with van der Waals surface area (Å²) < 4.78 is 0. The predicted octanol–water partition coefficient (Wildman–Crippen LogP) is -2.67. The topological polar surface area (TPSA) is 9.72 Å². The molecule has 0 spiro atoms. The fraction of sp³-hybridized carbons (Fsp3) is 1.00. The van der Waals surface area contributed by atoms with E-state index in [1.165, 1.54) is 38.9 Å². The Balaban J connectivity index is 0.000000563. The minimum atomic E-state index is -0.542. The Kier molecular flexibility index (Phi) is 2.41. The van der Waals surface area contributed by atoms with Gasteiger partial charge in [-0.3, -0.25) is 0 Å². The molecule has 4 rings (SSSR count). The van der Waals surface area contributed by atoms with Gasteiger partial charge in [0.2, 0.25) is 0 Å². The lowest BCUT2D eigenvalue weighted by Crippen LogP contribution is -3.00. The third-order valence-corrected chi connectivity index (χ3v) is 6.07. The summed E-state index contributed by atoms with van der Waals surface area (Å²) in [5, 5.41) is 0. The smallest absolute Gasteiger partial charge is 0.116 e. The fourth-order valence-corrected chi connectivity index (χ4v) is 6.54. The number of halogens is 1. The monoisotopic (exact) mass is 299 g/mol. The molecule has 5 heteroatoms. The summed E-state index contributed by atoms with van der Waals surface area (Å²) in [5.41, 5.74) is 0. The van der Waals surface area contributed by atoms with Gasteiger partial charge in [-0.2, -0.15) is 0 Å². The largest absolute Gasteiger partial charge is 1.00 e. The van der Waals surface area contributed by atoms with Crippen molar-refractivity contribution in [2.75, 3.05) is 45.5 Å². The van der Waals surface area contributed by atoms with Crippen LogP contribution in [0.15, 0.2) is 0 Å². The van der Waals surface area contributed by atoms with Crippen molar-refractivity contribution in [3.63, 3.8) is 0 Å². The van der Waals surface area contributed by atoms with Crippen LogP contribution in [-0.2, 0) is 0 Å². The minimum absolute atomic E-state index is 0. The summed E-state index contributed by atoms with van der Waals surface area (Å²) >= 11 is 0. The average molecular weight is 299 g/mol. The summed E-state index contributed by atoms with van der Waals surface area (Å²) in [6.07, 6.45) is 4.29. The number of rotatable bonds is 0. The third-order valence-electron chi connectivity index (χ3n) is 2.82. The molecule has 4 bridgehead atoms. The van der Waals surface area contributed by atoms with Gasteiger partial charge in [-0.25, -0.2) is 14.7 Å². The second-order valence-corrected chi connectivity index (χ2v) is 8.57. The van der Waals surface area contributed by atoms with Gasteiger partial charge in [0.25, 0.3) is 0 Å². The SMILES string of the molecule is C[P+]12CN3CN(CN(C3)C1)C2.[I-]. The summed E-state index contributed by atoms with van der Waals surface area (Å²) in [5.74, 6) is 0. The van der Waals surface area contributed by atoms with E-state index in [1.54, 1.807) is 0 Å². The summed E-state index contributed by atoms with van der Waals surface area (Å²) in [7, 11) is -0.542. The first-order chi connectivity index (χ1) is 5.23. The minimum Gasteiger partial charge on any atom is -1.00 e. The zero-order valence-electron chi connectivity index (χ0n) is 7.41. The number of nitrogens with zero attached hydrogens (tertiary/aromatic N) is 3. The van der Waals surface area contributed by atoms with Gasteiger partial charge in [-0.05, 0) is 0 Å². The van der Waals surface area contributed by atoms with Crippen LogP contribution in [-0.4, -0.2) is 60.2 Å². The van der Waals surface area contributed by atoms with Gasteiger partial charge < -0.3 is 24.0 Å². The van der Waals surface area contributed by atoms with Crippen LogP contribution in [0, 0.1) is 0 Å². The molecule has 0 unspecified atom stereocenters. The van der Waals surface area contributed by atoms with Crippen molar-refractivity contribution in [2.24, 2.45) is 0 Å². The summed E-state index contributed by atoms with van der Waals surface area (Å²) in [6, 6.07) is 0. The molecular formula is C7H15IN3P. The molecule has 0 N–H and O–H groups in total. The normalized spacial score (nSPS) is 55.2. The van der Waals surface area contributed by atoms with Crippen LogP contribution in [0.3, 0.4) is 0 Å². The molecule has 4 saturated heterocycles. The maximum Gasteiger partial charge on any atom is 0.116 e. The van der Waals surface area contributed by atoms with Crippen LogP contribution in [0.5, 0.6) is 0 Å². The van der Waals surface area contributed by atoms with Crippen molar-refractivity contribution in [3.05, 3.63) is 0 Å². The highest BCUT2D eigenvalue weighted by atomic mass is 127. The third kappa shape index (κ3) is 1.42. The number of hydrogen-bond donors (Lipinski definition) is 0. The lowest BCUT2D eigenvalue weighted by atomic mass is 10.5. The quantitative estimate of drug-likeness (QED) is 0.357. The molecule has 0 aromatic rings. The van der Waals surface area contributed by atoms with Gasteiger partial charge in [0.05, 0.1) is 33.9 Å². The second-order valence-electron chi connectivity index (χ2n) is 4.48. The first-order valence-electron chi connectivity index (χ1n) is 4.24. The molecule has 4 aliphatic heterocycles. The van der Waals surface area contributed by atoms with E-state index in [0.717, 1.165) is 0 Å². The van der Waals surface area contributed by atoms with Crippen LogP contribution < -0.4 is 24.0 Å². The van der Waals surface area contributed by atoms with Gasteiger partial charge in [0, 0.05) is 0 Å². The highest BCUT2D eigenvalue weighted by molar-refractivity contribution is 7.75. The van der Waals surface area contributed by atoms with E-state index < -0.39 is 7.26 Å². The van der Waals surface area contributed by atoms with E-state index in [4.69, 9.17) is 0 Å². The summed E-state index contributed by atoms with van der Waals surface area (Å²) in [4.78, 5) is 7.80. The highest BCUT2D eigenvalue weighted by Gasteiger charge is 2.51. The second kappa shape index (κ2) is 3.02. The lowest BCUT2D eigenvalue weighted by Gasteiger charge is -2.54. The van der Waals surface area contributed by atoms with E-state index in [1.807, 2.05) is 0 Å². The average Bonchev–Trinajstić information content (AvgIpc) is 1.79. The molecule has 0 aromatic heterocycles. The highest BCUT2D eigenvalue weighted by Crippen LogP contribution is 2.62. The fourth-order valence-electron chi connectivity index (χ4n) is 2.83. The van der Waals surface area contributed by atoms with Gasteiger partial charge >= 0.3 is 0 Å². The molecular weight excluding hydrogens is 284 g/mol. The van der Waals surface area contributed by atoms with Crippen LogP contribution >= 0.6 is 7.26 Å². The standard InChI is InChI=1S/C7H15N3P.HI/c1-11-5-8-2-9(6-11)4-10(3-8)7-11;/h2-7H2,1H3;1H/q+1;/p-1. The van der Waals surface area contributed by atoms with Gasteiger partial charge in [0.1, 0.15) is 18.9 Å². The van der Waals surface area contributed by atoms with Gasteiger partial charge in [0.15, 0.2) is 0 Å². The zero-order chi connectivity index (χ0) is 7.47. The molecule has 0 atom stereocenters. The number of hydrogen-bond acceptors (Lipinski definition) is 3. The van der Waals surface area contributed by atoms with Crippen LogP contribution in [0.25, 0.3) is 0 Å². The Morgan fingerprint density at radius 3 is 1.42 bits per heavy atom. The molecule has 4 heterocycles. The summed E-state index contributed by atoms with van der Waals surface area (Å²) in [6.45, 7) is 6.25. The van der Waals surface area contributed by atoms with Crippen molar-refractivity contribution < 1.29 is 24.0 Å². The lowest BCUT2D eigenvalue weighted by molar-refractivity contribution is -0.0275. The molecule has 0 saturated carbocycles. The van der Waals surface area contributed by atoms with Gasteiger partial charge in [-0.1, -0.05) is 0 Å². The molecule has 0 radical (unpaired) electrons. The molecule has 70 valence electrons. The predicted molar refractivity (Wildman–Crippen MR) is 47.6 cm³/mol. The van der Waals surface area contributed by atoms with E-state index in [0.29, 0.717) is 0 Å². The van der Waals surface area contributed by atoms with E-state index >= 15 is 0 Å². The van der Waals surface area contributed by atoms with E-state index in [-0.39, 0.29) is 24.0 Å². The first kappa shape index (κ1) is 9.59.